The lowest BCUT2D eigenvalue weighted by Crippen LogP contribution is -2.52. The highest BCUT2D eigenvalue weighted by molar-refractivity contribution is 6.01. The summed E-state index contributed by atoms with van der Waals surface area (Å²) in [6.45, 7) is 4.17. The van der Waals surface area contributed by atoms with Crippen LogP contribution in [-0.2, 0) is 16.0 Å². The Hall–Kier alpha value is -4.46. The van der Waals surface area contributed by atoms with Crippen molar-refractivity contribution < 1.29 is 9.59 Å². The van der Waals surface area contributed by atoms with Crippen molar-refractivity contribution in [3.05, 3.63) is 66.5 Å². The van der Waals surface area contributed by atoms with Gasteiger partial charge in [-0.3, -0.25) is 14.5 Å². The van der Waals surface area contributed by atoms with Crippen molar-refractivity contribution in [3.63, 3.8) is 0 Å². The zero-order chi connectivity index (χ0) is 31.2. The Kier molecular flexibility index (Phi) is 10.9. The van der Waals surface area contributed by atoms with Gasteiger partial charge in [0.25, 0.3) is 0 Å². The van der Waals surface area contributed by atoms with Gasteiger partial charge in [0.1, 0.15) is 6.04 Å². The molecule has 3 heterocycles. The number of carbonyl (C=O) groups excluding carboxylic acids is 2. The van der Waals surface area contributed by atoms with E-state index in [1.54, 1.807) is 17.0 Å². The number of H-pyrrole nitrogens is 1. The second kappa shape index (κ2) is 15.2. The molecule has 13 nitrogen and oxygen atoms in total. The van der Waals surface area contributed by atoms with Gasteiger partial charge in [-0.1, -0.05) is 24.3 Å². The number of amides is 2. The van der Waals surface area contributed by atoms with E-state index >= 15 is 0 Å². The molecule has 6 N–H and O–H groups in total. The Morgan fingerprint density at radius 1 is 0.957 bits per heavy atom. The molecule has 0 spiro atoms. The molecule has 14 heteroatoms. The van der Waals surface area contributed by atoms with Gasteiger partial charge in [-0.25, -0.2) is 9.97 Å². The molecule has 242 valence electrons. The fraction of sp³-hybridized carbons (Fsp3) is 0.406. The number of nitrogens with two attached hydrogens (primary N) is 2. The quantitative estimate of drug-likeness (QED) is 0.200. The Labute approximate surface area is 274 Å². The Morgan fingerprint density at radius 2 is 1.67 bits per heavy atom. The van der Waals surface area contributed by atoms with Crippen LogP contribution in [0.3, 0.4) is 0 Å². The maximum Gasteiger partial charge on any atom is 0.240 e. The molecule has 4 aromatic rings. The fourth-order valence-electron chi connectivity index (χ4n) is 6.28. The number of hydrogen-bond acceptors (Lipinski definition) is 10. The van der Waals surface area contributed by atoms with Crippen LogP contribution < -0.4 is 26.6 Å². The van der Waals surface area contributed by atoms with Crippen molar-refractivity contribution in [1.29, 1.82) is 0 Å². The summed E-state index contributed by atoms with van der Waals surface area (Å²) in [6, 6.07) is 14.2. The minimum Gasteiger partial charge on any atom is -0.368 e. The second-order valence-electron chi connectivity index (χ2n) is 11.8. The number of rotatable bonds is 10. The number of piperazine rings is 1. The smallest absolute Gasteiger partial charge is 0.240 e. The highest BCUT2D eigenvalue weighted by atomic mass is 35.5. The fourth-order valence-corrected chi connectivity index (χ4v) is 6.28. The molecule has 0 radical (unpaired) electrons. The van der Waals surface area contributed by atoms with Gasteiger partial charge in [0.2, 0.25) is 23.6 Å². The predicted molar refractivity (Wildman–Crippen MR) is 178 cm³/mol. The van der Waals surface area contributed by atoms with Crippen LogP contribution in [0, 0.1) is 11.8 Å². The molecule has 1 saturated carbocycles. The molecule has 2 aromatic heterocycles. The van der Waals surface area contributed by atoms with Crippen LogP contribution in [-0.4, -0.2) is 81.2 Å². The first-order chi connectivity index (χ1) is 22.0. The van der Waals surface area contributed by atoms with Crippen molar-refractivity contribution in [2.24, 2.45) is 23.3 Å². The molecular weight excluding hydrogens is 606 g/mol. The molecule has 0 unspecified atom stereocenters. The van der Waals surface area contributed by atoms with Gasteiger partial charge in [-0.15, -0.1) is 22.6 Å². The third-order valence-electron chi connectivity index (χ3n) is 8.88. The summed E-state index contributed by atoms with van der Waals surface area (Å²) in [5.74, 6) is 0.675. The molecule has 46 heavy (non-hydrogen) atoms. The number of aromatic amines is 1. The van der Waals surface area contributed by atoms with Gasteiger partial charge in [-0.2, -0.15) is 5.21 Å². The summed E-state index contributed by atoms with van der Waals surface area (Å²) >= 11 is 0. The third-order valence-corrected chi connectivity index (χ3v) is 8.88. The van der Waals surface area contributed by atoms with E-state index < -0.39 is 11.9 Å². The first-order valence-corrected chi connectivity index (χ1v) is 15.5. The van der Waals surface area contributed by atoms with Crippen molar-refractivity contribution in [3.8, 4) is 22.5 Å². The molecule has 2 fully saturated rings. The van der Waals surface area contributed by atoms with Crippen LogP contribution in [0.25, 0.3) is 22.5 Å². The molecule has 1 atom stereocenters. The van der Waals surface area contributed by atoms with E-state index in [1.807, 2.05) is 48.8 Å². The first-order valence-electron chi connectivity index (χ1n) is 15.5. The number of aromatic nitrogens is 6. The number of carbonyl (C=O) groups is 2. The van der Waals surface area contributed by atoms with Crippen LogP contribution in [0.5, 0.6) is 0 Å². The largest absolute Gasteiger partial charge is 0.368 e. The standard InChI is InChI=1S/C32H39N11O2.ClH/c33-18-21-4-6-24(7-5-21)31(45)43(27-10-8-23(9-11-27)30-38-40-41-39-30)28(29(34)44)17-22-2-1-3-25(16-22)26-19-36-32(37-20-26)42-14-12-35-13-15-42;/h1-3,8-11,16,19-21,24,28,35H,4-7,12-15,17-18,33H2,(H2,34,44)(H,38,39,40,41);1H/t21?,24?,28-;/m0./s1. The molecule has 1 aliphatic heterocycles. The van der Waals surface area contributed by atoms with Gasteiger partial charge < -0.3 is 21.7 Å². The number of nitrogens with one attached hydrogen (secondary N) is 2. The highest BCUT2D eigenvalue weighted by Crippen LogP contribution is 2.33. The van der Waals surface area contributed by atoms with E-state index in [-0.39, 0.29) is 30.7 Å². The van der Waals surface area contributed by atoms with E-state index in [0.29, 0.717) is 29.9 Å². The Bertz CT molecular complexity index is 1570. The topological polar surface area (TPSA) is 185 Å². The lowest BCUT2D eigenvalue weighted by Gasteiger charge is -2.35. The summed E-state index contributed by atoms with van der Waals surface area (Å²) < 4.78 is 0. The molecule has 2 aliphatic rings. The zero-order valence-electron chi connectivity index (χ0n) is 25.6. The van der Waals surface area contributed by atoms with Gasteiger partial charge in [-0.05, 0) is 78.8 Å². The molecule has 0 bridgehead atoms. The molecule has 2 aromatic carbocycles. The molecule has 1 aliphatic carbocycles. The minimum atomic E-state index is -0.901. The highest BCUT2D eigenvalue weighted by Gasteiger charge is 2.36. The lowest BCUT2D eigenvalue weighted by molar-refractivity contribution is -0.127. The van der Waals surface area contributed by atoms with Gasteiger partial charge in [0, 0.05) is 67.7 Å². The summed E-state index contributed by atoms with van der Waals surface area (Å²) in [5.41, 5.74) is 16.0. The van der Waals surface area contributed by atoms with Crippen molar-refractivity contribution in [2.75, 3.05) is 42.5 Å². The number of primary amides is 1. The third kappa shape index (κ3) is 7.49. The monoisotopic (exact) mass is 645 g/mol. The number of benzene rings is 2. The van der Waals surface area contributed by atoms with Crippen molar-refractivity contribution in [1.82, 2.24) is 35.9 Å². The van der Waals surface area contributed by atoms with Gasteiger partial charge in [0.15, 0.2) is 0 Å². The average Bonchev–Trinajstić information content (AvgIpc) is 3.64. The van der Waals surface area contributed by atoms with Gasteiger partial charge >= 0.3 is 0 Å². The van der Waals surface area contributed by atoms with Crippen LogP contribution in [0.4, 0.5) is 11.6 Å². The molecule has 1 saturated heterocycles. The molecule has 6 rings (SSSR count). The number of nitrogens with zero attached hydrogens (tertiary/aromatic N) is 7. The number of anilines is 2. The van der Waals surface area contributed by atoms with Gasteiger partial charge in [0.05, 0.1) is 0 Å². The zero-order valence-corrected chi connectivity index (χ0v) is 26.4. The Balaban J connectivity index is 0.00000417. The van der Waals surface area contributed by atoms with E-state index in [1.165, 1.54) is 0 Å². The second-order valence-corrected chi connectivity index (χ2v) is 11.8. The van der Waals surface area contributed by atoms with E-state index in [4.69, 9.17) is 11.5 Å². The maximum absolute atomic E-state index is 14.2. The SMILES string of the molecule is Cl.NCC1CCC(C(=O)N(c2ccc(-c3nn[nH]n3)cc2)[C@@H](Cc2cccc(-c3cnc(N4CCNCC4)nc3)c2)C(N)=O)CC1. The minimum absolute atomic E-state index is 0. The van der Waals surface area contributed by atoms with E-state index in [2.05, 4.69) is 40.8 Å². The summed E-state index contributed by atoms with van der Waals surface area (Å²) in [5, 5.41) is 17.5. The lowest BCUT2D eigenvalue weighted by atomic mass is 9.81. The van der Waals surface area contributed by atoms with Crippen molar-refractivity contribution in [2.45, 2.75) is 38.1 Å². The maximum atomic E-state index is 14.2. The number of hydrogen-bond donors (Lipinski definition) is 4. The summed E-state index contributed by atoms with van der Waals surface area (Å²) in [7, 11) is 0. The first kappa shape index (κ1) is 32.9. The Morgan fingerprint density at radius 3 is 2.30 bits per heavy atom. The van der Waals surface area contributed by atoms with Crippen LogP contribution in [0.15, 0.2) is 60.9 Å². The van der Waals surface area contributed by atoms with E-state index in [9.17, 15) is 9.59 Å². The molecule has 2 amide bonds. The van der Waals surface area contributed by atoms with Crippen LogP contribution in [0.1, 0.15) is 31.2 Å². The van der Waals surface area contributed by atoms with Crippen molar-refractivity contribution >= 4 is 35.9 Å². The van der Waals surface area contributed by atoms with Crippen LogP contribution in [0.2, 0.25) is 0 Å². The summed E-state index contributed by atoms with van der Waals surface area (Å²) in [6.07, 6.45) is 7.12. The predicted octanol–water partition coefficient (Wildman–Crippen LogP) is 2.35. The number of tetrazole rings is 1. The summed E-state index contributed by atoms with van der Waals surface area (Å²) in [4.78, 5) is 40.4. The average molecular weight is 646 g/mol. The number of halogens is 1. The van der Waals surface area contributed by atoms with Crippen LogP contribution >= 0.6 is 12.4 Å². The molecular formula is C32H40ClN11O2. The van der Waals surface area contributed by atoms with E-state index in [0.717, 1.165) is 74.1 Å². The normalized spacial score (nSPS) is 18.8.